The van der Waals surface area contributed by atoms with Gasteiger partial charge < -0.3 is 4.57 Å². The molecule has 2 aliphatic rings. The number of nitrogens with zero attached hydrogens (tertiary/aromatic N) is 5. The Morgan fingerprint density at radius 2 is 1.28 bits per heavy atom. The molecule has 1 aliphatic carbocycles. The molecule has 0 fully saturated rings. The van der Waals surface area contributed by atoms with Crippen molar-refractivity contribution in [3.05, 3.63) is 150 Å². The van der Waals surface area contributed by atoms with Crippen molar-refractivity contribution in [1.82, 2.24) is 19.5 Å². The minimum absolute atomic E-state index is 0.0112. The summed E-state index contributed by atoms with van der Waals surface area (Å²) in [5.74, 6) is 1.77. The molecule has 5 nitrogen and oxygen atoms in total. The fourth-order valence-corrected chi connectivity index (χ4v) is 8.36. The maximum atomic E-state index is 9.29. The van der Waals surface area contributed by atoms with Crippen molar-refractivity contribution >= 4 is 34.3 Å². The second-order valence-electron chi connectivity index (χ2n) is 12.2. The molecule has 3 heterocycles. The van der Waals surface area contributed by atoms with E-state index in [0.29, 0.717) is 23.0 Å². The third kappa shape index (κ3) is 4.51. The Balaban J connectivity index is 1.17. The molecule has 1 aliphatic heterocycles. The summed E-state index contributed by atoms with van der Waals surface area (Å²) in [6.45, 7) is 2.39. The van der Waals surface area contributed by atoms with Crippen molar-refractivity contribution < 1.29 is 0 Å². The number of hydrogen-bond donors (Lipinski definition) is 0. The summed E-state index contributed by atoms with van der Waals surface area (Å²) in [5.41, 5.74) is 10.9. The molecule has 7 aromatic rings. The Morgan fingerprint density at radius 1 is 0.681 bits per heavy atom. The van der Waals surface area contributed by atoms with Crippen molar-refractivity contribution in [2.75, 3.05) is 0 Å². The average molecular weight is 622 g/mol. The van der Waals surface area contributed by atoms with Crippen LogP contribution < -0.4 is 0 Å². The van der Waals surface area contributed by atoms with Crippen LogP contribution in [-0.4, -0.2) is 24.3 Å². The monoisotopic (exact) mass is 621 g/mol. The molecule has 5 aromatic carbocycles. The van der Waals surface area contributed by atoms with Crippen LogP contribution in [0.15, 0.2) is 132 Å². The molecule has 222 valence electrons. The summed E-state index contributed by atoms with van der Waals surface area (Å²) < 4.78 is 2.41. The molecular weight excluding hydrogens is 595 g/mol. The van der Waals surface area contributed by atoms with Crippen LogP contribution in [0.5, 0.6) is 0 Å². The van der Waals surface area contributed by atoms with Crippen molar-refractivity contribution in [2.24, 2.45) is 0 Å². The highest BCUT2D eigenvalue weighted by molar-refractivity contribution is 8.01. The third-order valence-electron chi connectivity index (χ3n) is 9.22. The highest BCUT2D eigenvalue weighted by atomic mass is 32.2. The zero-order valence-electron chi connectivity index (χ0n) is 25.6. The van der Waals surface area contributed by atoms with Gasteiger partial charge in [-0.2, -0.15) is 5.26 Å². The predicted molar refractivity (Wildman–Crippen MR) is 190 cm³/mol. The van der Waals surface area contributed by atoms with Crippen LogP contribution in [0, 0.1) is 11.3 Å². The van der Waals surface area contributed by atoms with E-state index in [1.54, 1.807) is 12.1 Å². The van der Waals surface area contributed by atoms with E-state index in [-0.39, 0.29) is 4.75 Å². The van der Waals surface area contributed by atoms with Crippen LogP contribution >= 0.6 is 11.8 Å². The van der Waals surface area contributed by atoms with Crippen molar-refractivity contribution in [2.45, 2.75) is 23.0 Å². The molecular formula is C41H27N5S. The van der Waals surface area contributed by atoms with Crippen molar-refractivity contribution in [3.8, 4) is 45.9 Å². The Labute approximate surface area is 276 Å². The van der Waals surface area contributed by atoms with Gasteiger partial charge in [-0.3, -0.25) is 0 Å². The second kappa shape index (κ2) is 10.7. The highest BCUT2D eigenvalue weighted by Crippen LogP contribution is 2.57. The van der Waals surface area contributed by atoms with Crippen LogP contribution in [0.1, 0.15) is 29.3 Å². The van der Waals surface area contributed by atoms with Gasteiger partial charge in [0.25, 0.3) is 0 Å². The van der Waals surface area contributed by atoms with E-state index in [2.05, 4.69) is 96.4 Å². The van der Waals surface area contributed by atoms with Gasteiger partial charge in [0.2, 0.25) is 0 Å². The zero-order valence-corrected chi connectivity index (χ0v) is 26.4. The van der Waals surface area contributed by atoms with E-state index in [9.17, 15) is 5.26 Å². The minimum atomic E-state index is 0.0112. The maximum Gasteiger partial charge on any atom is 0.164 e. The first kappa shape index (κ1) is 27.5. The summed E-state index contributed by atoms with van der Waals surface area (Å²) in [6.07, 6.45) is 3.40. The van der Waals surface area contributed by atoms with Gasteiger partial charge in [0.1, 0.15) is 0 Å². The van der Waals surface area contributed by atoms with Crippen LogP contribution in [0.25, 0.3) is 62.4 Å². The Hall–Kier alpha value is -5.77. The first-order valence-corrected chi connectivity index (χ1v) is 16.5. The zero-order chi connectivity index (χ0) is 31.5. The predicted octanol–water partition coefficient (Wildman–Crippen LogP) is 9.65. The largest absolute Gasteiger partial charge is 0.310 e. The highest BCUT2D eigenvalue weighted by Gasteiger charge is 2.43. The van der Waals surface area contributed by atoms with Gasteiger partial charge in [-0.25, -0.2) is 15.0 Å². The minimum Gasteiger partial charge on any atom is -0.310 e. The lowest BCUT2D eigenvalue weighted by Gasteiger charge is -2.30. The lowest BCUT2D eigenvalue weighted by Crippen LogP contribution is -2.25. The smallest absolute Gasteiger partial charge is 0.164 e. The fraction of sp³-hybridized carbons (Fsp3) is 0.0732. The molecule has 2 aromatic heterocycles. The lowest BCUT2D eigenvalue weighted by molar-refractivity contribution is 0.803. The quantitative estimate of drug-likeness (QED) is 0.196. The standard InChI is InChI=1S/C41H27N5S/c1-41-24-33-31-11-5-7-13-35(31)46(36(33)23-34(41)32-12-6-8-14-37(32)47-41)30-21-19-29(20-22-30)40-44-38(27-9-3-2-4-10-27)43-39(45-40)28-17-15-26(25-42)16-18-28/h2-23H,24H2,1H3. The summed E-state index contributed by atoms with van der Waals surface area (Å²) in [7, 11) is 0. The van der Waals surface area contributed by atoms with Crippen molar-refractivity contribution in [1.29, 1.82) is 5.26 Å². The van der Waals surface area contributed by atoms with E-state index in [4.69, 9.17) is 15.0 Å². The number of fused-ring (bicyclic) bond motifs is 6. The summed E-state index contributed by atoms with van der Waals surface area (Å²) in [5, 5.41) is 10.6. The Morgan fingerprint density at radius 3 is 1.98 bits per heavy atom. The van der Waals surface area contributed by atoms with E-state index in [1.807, 2.05) is 54.2 Å². The van der Waals surface area contributed by atoms with E-state index < -0.39 is 0 Å². The van der Waals surface area contributed by atoms with Gasteiger partial charge in [0.15, 0.2) is 17.5 Å². The van der Waals surface area contributed by atoms with Gasteiger partial charge in [0.05, 0.1) is 22.8 Å². The second-order valence-corrected chi connectivity index (χ2v) is 13.7. The van der Waals surface area contributed by atoms with Crippen LogP contribution in [0.2, 0.25) is 0 Å². The molecule has 0 N–H and O–H groups in total. The first-order valence-electron chi connectivity index (χ1n) is 15.6. The van der Waals surface area contributed by atoms with E-state index in [0.717, 1.165) is 28.8 Å². The van der Waals surface area contributed by atoms with E-state index >= 15 is 0 Å². The number of nitriles is 1. The molecule has 1 atom stereocenters. The molecule has 0 radical (unpaired) electrons. The summed E-state index contributed by atoms with van der Waals surface area (Å²) in [4.78, 5) is 16.0. The third-order valence-corrected chi connectivity index (χ3v) is 10.6. The molecule has 47 heavy (non-hydrogen) atoms. The topological polar surface area (TPSA) is 67.4 Å². The van der Waals surface area contributed by atoms with Crippen LogP contribution in [0.3, 0.4) is 0 Å². The molecule has 9 rings (SSSR count). The number of thioether (sulfide) groups is 1. The molecule has 0 spiro atoms. The van der Waals surface area contributed by atoms with Gasteiger partial charge >= 0.3 is 0 Å². The molecule has 1 unspecified atom stereocenters. The molecule has 0 amide bonds. The number of hydrogen-bond acceptors (Lipinski definition) is 5. The van der Waals surface area contributed by atoms with Gasteiger partial charge in [0, 0.05) is 37.4 Å². The lowest BCUT2D eigenvalue weighted by atomic mass is 9.82. The van der Waals surface area contributed by atoms with Gasteiger partial charge in [-0.05, 0) is 96.8 Å². The maximum absolute atomic E-state index is 9.29. The molecule has 6 heteroatoms. The van der Waals surface area contributed by atoms with Gasteiger partial charge in [-0.15, -0.1) is 11.8 Å². The Kier molecular flexibility index (Phi) is 6.24. The van der Waals surface area contributed by atoms with E-state index in [1.165, 1.54) is 38.2 Å². The normalized spacial score (nSPS) is 16.2. The summed E-state index contributed by atoms with van der Waals surface area (Å²) in [6, 6.07) is 45.6. The van der Waals surface area contributed by atoms with Crippen LogP contribution in [0.4, 0.5) is 0 Å². The number of benzene rings is 5. The van der Waals surface area contributed by atoms with Crippen molar-refractivity contribution in [3.63, 3.8) is 0 Å². The number of rotatable bonds is 4. The molecule has 0 bridgehead atoms. The van der Waals surface area contributed by atoms with Gasteiger partial charge in [-0.1, -0.05) is 66.7 Å². The van der Waals surface area contributed by atoms with Crippen LogP contribution in [-0.2, 0) is 6.42 Å². The average Bonchev–Trinajstić information content (AvgIpc) is 3.61. The first-order chi connectivity index (χ1) is 23.1. The molecule has 0 saturated carbocycles. The number of aromatic nitrogens is 4. The number of para-hydroxylation sites is 1. The Bertz CT molecular complexity index is 2420. The molecule has 0 saturated heterocycles. The SMILES string of the molecule is CC12Cc3c(n(-c4ccc(-c5nc(-c6ccccc6)nc(-c6ccc(C#N)cc6)n5)cc4)c4ccccc34)C=C1c1ccccc1S2. The fourth-order valence-electron chi connectivity index (χ4n) is 6.94. The summed E-state index contributed by atoms with van der Waals surface area (Å²) >= 11 is 1.99.